The third-order valence-corrected chi connectivity index (χ3v) is 6.55. The Bertz CT molecular complexity index is 696. The Morgan fingerprint density at radius 2 is 2.12 bits per heavy atom. The second-order valence-electron chi connectivity index (χ2n) is 6.64. The van der Waals surface area contributed by atoms with Gasteiger partial charge in [0, 0.05) is 30.9 Å². The first-order chi connectivity index (χ1) is 11.4. The molecular weight excluding hydrogens is 328 g/mol. The van der Waals surface area contributed by atoms with Crippen LogP contribution in [0.3, 0.4) is 0 Å². The van der Waals surface area contributed by atoms with Crippen LogP contribution >= 0.6 is 0 Å². The number of aromatic nitrogens is 2. The predicted octanol–water partition coefficient (Wildman–Crippen LogP) is 0.685. The van der Waals surface area contributed by atoms with Gasteiger partial charge in [-0.1, -0.05) is 6.92 Å². The summed E-state index contributed by atoms with van der Waals surface area (Å²) in [5.74, 6) is 0.0593. The highest BCUT2D eigenvalue weighted by Gasteiger charge is 2.37. The first-order valence-electron chi connectivity index (χ1n) is 8.69. The highest BCUT2D eigenvalue weighted by molar-refractivity contribution is 7.91. The second-order valence-corrected chi connectivity index (χ2v) is 8.87. The first kappa shape index (κ1) is 17.4. The third kappa shape index (κ3) is 3.80. The van der Waals surface area contributed by atoms with Crippen molar-refractivity contribution < 1.29 is 13.2 Å². The van der Waals surface area contributed by atoms with Gasteiger partial charge < -0.3 is 4.90 Å². The number of nitrogens with zero attached hydrogens (tertiary/aromatic N) is 4. The van der Waals surface area contributed by atoms with Gasteiger partial charge in [-0.25, -0.2) is 8.42 Å². The van der Waals surface area contributed by atoms with Crippen LogP contribution in [-0.2, 0) is 21.2 Å². The number of hydrogen-bond acceptors (Lipinski definition) is 5. The molecule has 0 N–H and O–H groups in total. The van der Waals surface area contributed by atoms with Crippen molar-refractivity contribution in [1.29, 1.82) is 0 Å². The lowest BCUT2D eigenvalue weighted by atomic mass is 10.1. The van der Waals surface area contributed by atoms with Crippen molar-refractivity contribution in [3.63, 3.8) is 0 Å². The van der Waals surface area contributed by atoms with Crippen LogP contribution in [0.2, 0.25) is 0 Å². The zero-order valence-corrected chi connectivity index (χ0v) is 15.2. The highest BCUT2D eigenvalue weighted by atomic mass is 32.2. The van der Waals surface area contributed by atoms with E-state index in [1.165, 1.54) is 0 Å². The van der Waals surface area contributed by atoms with Gasteiger partial charge in [0.2, 0.25) is 5.91 Å². The number of carbonyl (C=O) groups excluding carboxylic acids is 1. The van der Waals surface area contributed by atoms with Crippen molar-refractivity contribution in [2.24, 2.45) is 0 Å². The third-order valence-electron chi connectivity index (χ3n) is 4.92. The molecule has 134 valence electrons. The smallest absolute Gasteiger partial charge is 0.237 e. The molecule has 0 aromatic carbocycles. The van der Waals surface area contributed by atoms with Gasteiger partial charge in [0.05, 0.1) is 30.3 Å². The van der Waals surface area contributed by atoms with Gasteiger partial charge >= 0.3 is 0 Å². The maximum absolute atomic E-state index is 12.8. The monoisotopic (exact) mass is 354 g/mol. The lowest BCUT2D eigenvalue weighted by molar-refractivity contribution is -0.134. The fourth-order valence-corrected chi connectivity index (χ4v) is 4.80. The van der Waals surface area contributed by atoms with E-state index < -0.39 is 15.9 Å². The fraction of sp³-hybridized carbons (Fsp3) is 0.750. The Balaban J connectivity index is 1.79. The van der Waals surface area contributed by atoms with Crippen molar-refractivity contribution in [2.75, 3.05) is 31.1 Å². The van der Waals surface area contributed by atoms with Crippen molar-refractivity contribution in [3.8, 4) is 0 Å². The molecule has 2 heterocycles. The van der Waals surface area contributed by atoms with E-state index in [2.05, 4.69) is 16.9 Å². The molecule has 1 saturated heterocycles. The van der Waals surface area contributed by atoms with Crippen LogP contribution in [0.25, 0.3) is 0 Å². The van der Waals surface area contributed by atoms with E-state index >= 15 is 0 Å². The Hall–Kier alpha value is -1.41. The molecule has 7 nitrogen and oxygen atoms in total. The average Bonchev–Trinajstić information content (AvgIpc) is 3.28. The predicted molar refractivity (Wildman–Crippen MR) is 91.3 cm³/mol. The summed E-state index contributed by atoms with van der Waals surface area (Å²) in [5, 5.41) is 4.24. The summed E-state index contributed by atoms with van der Waals surface area (Å²) in [6.07, 6.45) is 5.85. The minimum Gasteiger partial charge on any atom is -0.332 e. The molecule has 2 aliphatic rings. The topological polar surface area (TPSA) is 75.5 Å². The molecule has 1 aliphatic heterocycles. The van der Waals surface area contributed by atoms with Crippen LogP contribution in [-0.4, -0.2) is 71.1 Å². The quantitative estimate of drug-likeness (QED) is 0.751. The number of carbonyl (C=O) groups is 1. The van der Waals surface area contributed by atoms with E-state index in [0.717, 1.165) is 31.5 Å². The van der Waals surface area contributed by atoms with Gasteiger partial charge in [-0.3, -0.25) is 14.4 Å². The van der Waals surface area contributed by atoms with Crippen LogP contribution < -0.4 is 0 Å². The molecule has 1 saturated carbocycles. The molecule has 3 rings (SSSR count). The maximum Gasteiger partial charge on any atom is 0.237 e. The number of sulfone groups is 1. The van der Waals surface area contributed by atoms with Gasteiger partial charge in [-0.15, -0.1) is 0 Å². The maximum atomic E-state index is 12.8. The highest BCUT2D eigenvalue weighted by Crippen LogP contribution is 2.29. The molecule has 0 unspecified atom stereocenters. The molecule has 0 bridgehead atoms. The number of likely N-dealkylation sites (N-methyl/N-ethyl adjacent to an activating group) is 1. The number of amides is 1. The Morgan fingerprint density at radius 1 is 1.38 bits per heavy atom. The van der Waals surface area contributed by atoms with E-state index in [4.69, 9.17) is 0 Å². The van der Waals surface area contributed by atoms with Crippen LogP contribution in [0.15, 0.2) is 12.4 Å². The first-order valence-corrected chi connectivity index (χ1v) is 10.5. The van der Waals surface area contributed by atoms with Crippen molar-refractivity contribution in [1.82, 2.24) is 19.6 Å². The number of rotatable bonds is 6. The summed E-state index contributed by atoms with van der Waals surface area (Å²) in [4.78, 5) is 16.8. The Labute approximate surface area is 143 Å². The van der Waals surface area contributed by atoms with E-state index in [9.17, 15) is 13.2 Å². The molecular formula is C16H26N4O3S. The summed E-state index contributed by atoms with van der Waals surface area (Å²) in [5.41, 5.74) is 0.808. The van der Waals surface area contributed by atoms with E-state index in [1.54, 1.807) is 15.8 Å². The summed E-state index contributed by atoms with van der Waals surface area (Å²) in [6.45, 7) is 6.26. The molecule has 0 radical (unpaired) electrons. The van der Waals surface area contributed by atoms with Crippen LogP contribution in [0.4, 0.5) is 0 Å². The second kappa shape index (κ2) is 6.84. The summed E-state index contributed by atoms with van der Waals surface area (Å²) >= 11 is 0. The molecule has 1 aromatic heterocycles. The van der Waals surface area contributed by atoms with Crippen LogP contribution in [0.5, 0.6) is 0 Å². The lowest BCUT2D eigenvalue weighted by Gasteiger charge is -2.36. The number of aryl methyl sites for hydroxylation is 1. The molecule has 1 amide bonds. The van der Waals surface area contributed by atoms with E-state index in [-0.39, 0.29) is 24.0 Å². The molecule has 24 heavy (non-hydrogen) atoms. The van der Waals surface area contributed by atoms with Gasteiger partial charge in [-0.2, -0.15) is 5.10 Å². The van der Waals surface area contributed by atoms with Gasteiger partial charge in [-0.05, 0) is 26.3 Å². The zero-order valence-electron chi connectivity index (χ0n) is 14.4. The SMILES string of the molecule is CCN(CC(=O)N1CCS(=O)(=O)C[C@H]1c1cnn(CC)c1)C1CC1. The zero-order chi connectivity index (χ0) is 17.3. The van der Waals surface area contributed by atoms with Crippen molar-refractivity contribution in [2.45, 2.75) is 45.3 Å². The summed E-state index contributed by atoms with van der Waals surface area (Å²) in [6, 6.07) is 0.100. The molecule has 1 aromatic rings. The molecule has 8 heteroatoms. The molecule has 2 fully saturated rings. The van der Waals surface area contributed by atoms with Crippen LogP contribution in [0, 0.1) is 0 Å². The minimum absolute atomic E-state index is 0.0102. The van der Waals surface area contributed by atoms with Gasteiger partial charge in [0.25, 0.3) is 0 Å². The van der Waals surface area contributed by atoms with Gasteiger partial charge in [0.1, 0.15) is 0 Å². The van der Waals surface area contributed by atoms with Crippen LogP contribution in [0.1, 0.15) is 38.3 Å². The number of hydrogen-bond donors (Lipinski definition) is 0. The van der Waals surface area contributed by atoms with E-state index in [0.29, 0.717) is 12.6 Å². The standard InChI is InChI=1S/C16H26N4O3S/c1-3-18(14-5-6-14)11-16(21)20-7-8-24(22,23)12-15(20)13-9-17-19(4-2)10-13/h9-10,14-15H,3-8,11-12H2,1-2H3/t15-/m0/s1. The molecule has 1 atom stereocenters. The van der Waals surface area contributed by atoms with Crippen molar-refractivity contribution >= 4 is 15.7 Å². The minimum atomic E-state index is -3.13. The fourth-order valence-electron chi connectivity index (χ4n) is 3.31. The van der Waals surface area contributed by atoms with Crippen molar-refractivity contribution in [3.05, 3.63) is 18.0 Å². The Kier molecular flexibility index (Phi) is 4.96. The summed E-state index contributed by atoms with van der Waals surface area (Å²) < 4.78 is 26.0. The largest absolute Gasteiger partial charge is 0.332 e. The normalized spacial score (nSPS) is 23.6. The Morgan fingerprint density at radius 3 is 2.71 bits per heavy atom. The summed E-state index contributed by atoms with van der Waals surface area (Å²) in [7, 11) is -3.13. The molecule has 0 spiro atoms. The lowest BCUT2D eigenvalue weighted by Crippen LogP contribution is -2.49. The van der Waals surface area contributed by atoms with Gasteiger partial charge in [0.15, 0.2) is 9.84 Å². The molecule has 1 aliphatic carbocycles. The average molecular weight is 354 g/mol. The van der Waals surface area contributed by atoms with E-state index in [1.807, 2.05) is 13.1 Å².